The lowest BCUT2D eigenvalue weighted by Crippen LogP contribution is -2.14. The fourth-order valence-electron chi connectivity index (χ4n) is 0.489. The van der Waals surface area contributed by atoms with Gasteiger partial charge in [-0.1, -0.05) is 0 Å². The fourth-order valence-corrected chi connectivity index (χ4v) is 0.489. The molecule has 0 aliphatic rings. The smallest absolute Gasteiger partial charge is 0.217 e. The summed E-state index contributed by atoms with van der Waals surface area (Å²) >= 11 is 0. The van der Waals surface area contributed by atoms with Gasteiger partial charge in [0.25, 0.3) is 0 Å². The van der Waals surface area contributed by atoms with Gasteiger partial charge in [-0.25, -0.2) is 0 Å². The van der Waals surface area contributed by atoms with Gasteiger partial charge < -0.3 is 11.1 Å². The molecule has 4 heteroatoms. The highest BCUT2D eigenvalue weighted by atomic mass is 16.1. The highest BCUT2D eigenvalue weighted by molar-refractivity contribution is 5.74. The van der Waals surface area contributed by atoms with Crippen LogP contribution in [-0.4, -0.2) is 18.9 Å². The Morgan fingerprint density at radius 2 is 2.30 bits per heavy atom. The average molecular weight is 143 g/mol. The summed E-state index contributed by atoms with van der Waals surface area (Å²) in [5.41, 5.74) is 4.85. The number of amides is 2. The van der Waals surface area contributed by atoms with Gasteiger partial charge in [-0.3, -0.25) is 9.59 Å². The van der Waals surface area contributed by atoms with Gasteiger partial charge >= 0.3 is 0 Å². The number of rotatable bonds is 6. The van der Waals surface area contributed by atoms with Crippen LogP contribution in [0.4, 0.5) is 0 Å². The van der Waals surface area contributed by atoms with E-state index in [0.717, 1.165) is 0 Å². The first-order valence-corrected chi connectivity index (χ1v) is 3.04. The predicted octanol–water partition coefficient (Wildman–Crippen LogP) is -0.798. The number of nitrogens with two attached hydrogens (primary N) is 1. The lowest BCUT2D eigenvalue weighted by atomic mass is 10.2. The Hall–Kier alpha value is -1.06. The summed E-state index contributed by atoms with van der Waals surface area (Å²) in [5.74, 6) is -0.342. The number of carbonyl (C=O) groups excluding carboxylic acids is 2. The number of hydrogen-bond acceptors (Lipinski definition) is 2. The van der Waals surface area contributed by atoms with Gasteiger partial charge in [0.05, 0.1) is 0 Å². The maximum Gasteiger partial charge on any atom is 0.217 e. The van der Waals surface area contributed by atoms with Gasteiger partial charge in [-0.15, -0.1) is 0 Å². The maximum atomic E-state index is 10.1. The van der Waals surface area contributed by atoms with Crippen molar-refractivity contribution >= 4 is 12.3 Å². The molecular formula is C6H11N2O2. The molecule has 0 aromatic carbocycles. The zero-order valence-corrected chi connectivity index (χ0v) is 5.67. The maximum absolute atomic E-state index is 10.1. The van der Waals surface area contributed by atoms with Gasteiger partial charge in [-0.2, -0.15) is 0 Å². The van der Waals surface area contributed by atoms with Gasteiger partial charge in [0, 0.05) is 13.0 Å². The molecule has 0 unspecified atom stereocenters. The zero-order valence-electron chi connectivity index (χ0n) is 5.67. The van der Waals surface area contributed by atoms with Crippen molar-refractivity contribution in [1.82, 2.24) is 5.32 Å². The van der Waals surface area contributed by atoms with E-state index >= 15 is 0 Å². The molecular weight excluding hydrogens is 132 g/mol. The largest absolute Gasteiger partial charge is 0.370 e. The van der Waals surface area contributed by atoms with E-state index in [1.54, 1.807) is 6.42 Å². The molecule has 0 aliphatic heterocycles. The number of unbranched alkanes of at least 4 members (excludes halogenated alkanes) is 1. The molecule has 10 heavy (non-hydrogen) atoms. The Morgan fingerprint density at radius 1 is 1.60 bits per heavy atom. The SMILES string of the molecule is NC(=O)C[CH]CCNC=O. The van der Waals surface area contributed by atoms with Crippen molar-refractivity contribution in [1.29, 1.82) is 0 Å². The first-order chi connectivity index (χ1) is 4.77. The van der Waals surface area contributed by atoms with E-state index in [4.69, 9.17) is 5.73 Å². The van der Waals surface area contributed by atoms with Crippen molar-refractivity contribution in [2.24, 2.45) is 5.73 Å². The minimum absolute atomic E-state index is 0.278. The quantitative estimate of drug-likeness (QED) is 0.377. The molecule has 0 aromatic rings. The minimum Gasteiger partial charge on any atom is -0.370 e. The average Bonchev–Trinajstić information content (AvgIpc) is 1.87. The molecule has 0 aromatic heterocycles. The lowest BCUT2D eigenvalue weighted by Gasteiger charge is -1.95. The summed E-state index contributed by atoms with van der Waals surface area (Å²) in [6.07, 6.45) is 3.32. The van der Waals surface area contributed by atoms with E-state index in [-0.39, 0.29) is 12.3 Å². The van der Waals surface area contributed by atoms with Crippen molar-refractivity contribution in [2.45, 2.75) is 12.8 Å². The van der Waals surface area contributed by atoms with Crippen molar-refractivity contribution in [3.8, 4) is 0 Å². The van der Waals surface area contributed by atoms with E-state index in [2.05, 4.69) is 5.32 Å². The van der Waals surface area contributed by atoms with Crippen molar-refractivity contribution in [2.75, 3.05) is 6.54 Å². The molecule has 0 heterocycles. The molecule has 0 atom stereocenters. The Balaban J connectivity index is 2.90. The second-order valence-corrected chi connectivity index (χ2v) is 1.82. The third-order valence-corrected chi connectivity index (χ3v) is 0.922. The second kappa shape index (κ2) is 6.07. The van der Waals surface area contributed by atoms with Crippen molar-refractivity contribution in [3.05, 3.63) is 6.42 Å². The van der Waals surface area contributed by atoms with Crippen LogP contribution < -0.4 is 11.1 Å². The van der Waals surface area contributed by atoms with E-state index in [1.165, 1.54) is 0 Å². The molecule has 0 fully saturated rings. The lowest BCUT2D eigenvalue weighted by molar-refractivity contribution is -0.117. The summed E-state index contributed by atoms with van der Waals surface area (Å²) in [4.78, 5) is 19.8. The first kappa shape index (κ1) is 8.94. The third-order valence-electron chi connectivity index (χ3n) is 0.922. The van der Waals surface area contributed by atoms with Crippen LogP contribution in [0.2, 0.25) is 0 Å². The van der Waals surface area contributed by atoms with Crippen molar-refractivity contribution < 1.29 is 9.59 Å². The number of primary amides is 1. The Kier molecular flexibility index (Phi) is 5.42. The minimum atomic E-state index is -0.342. The number of carbonyl (C=O) groups is 2. The monoisotopic (exact) mass is 143 g/mol. The standard InChI is InChI=1S/C6H11N2O2/c7-6(10)3-1-2-4-8-5-9/h1,5H,2-4H2,(H2,7,10)(H,8,9). The summed E-state index contributed by atoms with van der Waals surface area (Å²) in [6, 6.07) is 0. The molecule has 4 nitrogen and oxygen atoms in total. The number of nitrogens with one attached hydrogen (secondary N) is 1. The molecule has 1 radical (unpaired) electrons. The van der Waals surface area contributed by atoms with E-state index in [0.29, 0.717) is 19.4 Å². The summed E-state index contributed by atoms with van der Waals surface area (Å²) in [5, 5.41) is 2.46. The fraction of sp³-hybridized carbons (Fsp3) is 0.500. The normalized spacial score (nSPS) is 8.80. The van der Waals surface area contributed by atoms with Gasteiger partial charge in [0.1, 0.15) is 0 Å². The van der Waals surface area contributed by atoms with Gasteiger partial charge in [0.15, 0.2) is 0 Å². The first-order valence-electron chi connectivity index (χ1n) is 3.04. The van der Waals surface area contributed by atoms with E-state index < -0.39 is 0 Å². The van der Waals surface area contributed by atoms with Crippen LogP contribution in [0.15, 0.2) is 0 Å². The van der Waals surface area contributed by atoms with E-state index in [1.807, 2.05) is 0 Å². The molecule has 57 valence electrons. The van der Waals surface area contributed by atoms with E-state index in [9.17, 15) is 9.59 Å². The molecule has 2 amide bonds. The van der Waals surface area contributed by atoms with Crippen LogP contribution in [0, 0.1) is 6.42 Å². The van der Waals surface area contributed by atoms with Crippen LogP contribution in [0.25, 0.3) is 0 Å². The highest BCUT2D eigenvalue weighted by Gasteiger charge is 1.92. The Bertz CT molecular complexity index is 114. The van der Waals surface area contributed by atoms with Crippen LogP contribution in [0.1, 0.15) is 12.8 Å². The zero-order chi connectivity index (χ0) is 7.82. The molecule has 0 spiro atoms. The highest BCUT2D eigenvalue weighted by Crippen LogP contribution is 1.89. The molecule has 3 N–H and O–H groups in total. The van der Waals surface area contributed by atoms with Crippen LogP contribution in [0.5, 0.6) is 0 Å². The molecule has 0 rings (SSSR count). The third kappa shape index (κ3) is 6.94. The van der Waals surface area contributed by atoms with Crippen LogP contribution in [0.3, 0.4) is 0 Å². The summed E-state index contributed by atoms with van der Waals surface area (Å²) < 4.78 is 0. The number of hydrogen-bond donors (Lipinski definition) is 2. The molecule has 0 saturated heterocycles. The predicted molar refractivity (Wildman–Crippen MR) is 36.8 cm³/mol. The summed E-state index contributed by atoms with van der Waals surface area (Å²) in [7, 11) is 0. The Labute approximate surface area is 59.8 Å². The molecule has 0 bridgehead atoms. The van der Waals surface area contributed by atoms with Crippen LogP contribution in [-0.2, 0) is 9.59 Å². The van der Waals surface area contributed by atoms with Crippen LogP contribution >= 0.6 is 0 Å². The Morgan fingerprint density at radius 3 is 2.80 bits per heavy atom. The summed E-state index contributed by atoms with van der Waals surface area (Å²) in [6.45, 7) is 0.566. The van der Waals surface area contributed by atoms with Gasteiger partial charge in [-0.05, 0) is 12.8 Å². The topological polar surface area (TPSA) is 72.2 Å². The molecule has 0 saturated carbocycles. The molecule has 0 aliphatic carbocycles. The van der Waals surface area contributed by atoms with Crippen molar-refractivity contribution in [3.63, 3.8) is 0 Å². The second-order valence-electron chi connectivity index (χ2n) is 1.82. The van der Waals surface area contributed by atoms with Gasteiger partial charge in [0.2, 0.25) is 12.3 Å².